The number of pyridine rings is 2. The standard InChI is InChI=1S/C11H11NO.C9H6ClN/c1-2-13-10-5-6-11-9(8-10)4-3-7-12-11;10-8-5-1-3-7-4-2-6-11-9(7)8/h3-8H,2H2,1H3;1-6H. The summed E-state index contributed by atoms with van der Waals surface area (Å²) < 4.78 is 5.39. The molecule has 4 heteroatoms. The molecule has 2 heterocycles. The molecular formula is C20H17ClN2O. The van der Waals surface area contributed by atoms with Gasteiger partial charge < -0.3 is 4.74 Å². The minimum Gasteiger partial charge on any atom is -0.494 e. The fraction of sp³-hybridized carbons (Fsp3) is 0.100. The van der Waals surface area contributed by atoms with Crippen molar-refractivity contribution in [1.29, 1.82) is 0 Å². The number of para-hydroxylation sites is 1. The van der Waals surface area contributed by atoms with Crippen molar-refractivity contribution >= 4 is 33.4 Å². The van der Waals surface area contributed by atoms with Crippen LogP contribution in [0, 0.1) is 0 Å². The van der Waals surface area contributed by atoms with E-state index in [0.29, 0.717) is 11.6 Å². The van der Waals surface area contributed by atoms with Crippen molar-refractivity contribution < 1.29 is 4.74 Å². The first-order valence-corrected chi connectivity index (χ1v) is 8.12. The quantitative estimate of drug-likeness (QED) is 0.483. The highest BCUT2D eigenvalue weighted by molar-refractivity contribution is 6.34. The van der Waals surface area contributed by atoms with Gasteiger partial charge in [0.15, 0.2) is 0 Å². The summed E-state index contributed by atoms with van der Waals surface area (Å²) in [6, 6.07) is 19.5. The Morgan fingerprint density at radius 3 is 2.42 bits per heavy atom. The summed E-state index contributed by atoms with van der Waals surface area (Å²) in [5.74, 6) is 0.906. The normalized spacial score (nSPS) is 10.2. The number of fused-ring (bicyclic) bond motifs is 2. The second kappa shape index (κ2) is 7.75. The molecule has 120 valence electrons. The van der Waals surface area contributed by atoms with E-state index in [1.54, 1.807) is 12.4 Å². The predicted molar refractivity (Wildman–Crippen MR) is 99.7 cm³/mol. The fourth-order valence-electron chi connectivity index (χ4n) is 2.38. The maximum atomic E-state index is 5.89. The summed E-state index contributed by atoms with van der Waals surface area (Å²) in [4.78, 5) is 8.38. The minimum absolute atomic E-state index is 0.700. The first kappa shape index (κ1) is 16.2. The summed E-state index contributed by atoms with van der Waals surface area (Å²) in [5.41, 5.74) is 1.88. The van der Waals surface area contributed by atoms with Gasteiger partial charge in [-0.15, -0.1) is 0 Å². The lowest BCUT2D eigenvalue weighted by Crippen LogP contribution is -1.90. The fourth-order valence-corrected chi connectivity index (χ4v) is 2.61. The molecule has 2 aromatic heterocycles. The SMILES string of the molecule is CCOc1ccc2ncccc2c1.Clc1cccc2cccnc12. The number of benzene rings is 2. The van der Waals surface area contributed by atoms with Gasteiger partial charge in [-0.25, -0.2) is 0 Å². The predicted octanol–water partition coefficient (Wildman–Crippen LogP) is 5.52. The lowest BCUT2D eigenvalue weighted by molar-refractivity contribution is 0.340. The van der Waals surface area contributed by atoms with Crippen LogP contribution in [0.2, 0.25) is 5.02 Å². The molecule has 2 aromatic carbocycles. The third-order valence-electron chi connectivity index (χ3n) is 3.47. The number of hydrogen-bond donors (Lipinski definition) is 0. The van der Waals surface area contributed by atoms with Gasteiger partial charge in [0.25, 0.3) is 0 Å². The summed E-state index contributed by atoms with van der Waals surface area (Å²) >= 11 is 5.89. The van der Waals surface area contributed by atoms with E-state index < -0.39 is 0 Å². The summed E-state index contributed by atoms with van der Waals surface area (Å²) in [7, 11) is 0. The van der Waals surface area contributed by atoms with Crippen molar-refractivity contribution in [3.63, 3.8) is 0 Å². The molecule has 0 aliphatic rings. The maximum Gasteiger partial charge on any atom is 0.120 e. The second-order valence-corrected chi connectivity index (χ2v) is 5.51. The average Bonchev–Trinajstić information content (AvgIpc) is 2.63. The summed E-state index contributed by atoms with van der Waals surface area (Å²) in [5, 5.41) is 2.91. The summed E-state index contributed by atoms with van der Waals surface area (Å²) in [6.07, 6.45) is 3.54. The molecule has 0 atom stereocenters. The Hall–Kier alpha value is -2.65. The highest BCUT2D eigenvalue weighted by atomic mass is 35.5. The molecular weight excluding hydrogens is 320 g/mol. The van der Waals surface area contributed by atoms with Gasteiger partial charge in [-0.05, 0) is 43.3 Å². The van der Waals surface area contributed by atoms with Crippen LogP contribution in [0.25, 0.3) is 21.8 Å². The van der Waals surface area contributed by atoms with E-state index in [4.69, 9.17) is 16.3 Å². The van der Waals surface area contributed by atoms with Crippen molar-refractivity contribution in [2.75, 3.05) is 6.61 Å². The van der Waals surface area contributed by atoms with Crippen LogP contribution in [0.1, 0.15) is 6.92 Å². The van der Waals surface area contributed by atoms with Gasteiger partial charge >= 0.3 is 0 Å². The van der Waals surface area contributed by atoms with Crippen molar-refractivity contribution in [3.8, 4) is 5.75 Å². The zero-order chi connectivity index (χ0) is 16.8. The number of hydrogen-bond acceptors (Lipinski definition) is 3. The van der Waals surface area contributed by atoms with E-state index in [1.165, 1.54) is 0 Å². The van der Waals surface area contributed by atoms with Crippen LogP contribution in [-0.2, 0) is 0 Å². The number of aromatic nitrogens is 2. The molecule has 0 aliphatic heterocycles. The van der Waals surface area contributed by atoms with Gasteiger partial charge in [0.05, 0.1) is 22.7 Å². The van der Waals surface area contributed by atoms with Crippen molar-refractivity contribution in [2.24, 2.45) is 0 Å². The van der Waals surface area contributed by atoms with Gasteiger partial charge in [-0.3, -0.25) is 9.97 Å². The van der Waals surface area contributed by atoms with E-state index in [1.807, 2.05) is 67.6 Å². The topological polar surface area (TPSA) is 35.0 Å². The molecule has 24 heavy (non-hydrogen) atoms. The first-order valence-electron chi connectivity index (χ1n) is 7.75. The van der Waals surface area contributed by atoms with Crippen LogP contribution in [0.3, 0.4) is 0 Å². The van der Waals surface area contributed by atoms with Gasteiger partial charge in [-0.2, -0.15) is 0 Å². The van der Waals surface area contributed by atoms with Crippen molar-refractivity contribution in [3.05, 3.63) is 78.1 Å². The maximum absolute atomic E-state index is 5.89. The molecule has 4 aromatic rings. The van der Waals surface area contributed by atoms with Gasteiger partial charge in [0.1, 0.15) is 5.75 Å². The molecule has 0 N–H and O–H groups in total. The molecule has 0 bridgehead atoms. The molecule has 0 spiro atoms. The van der Waals surface area contributed by atoms with E-state index in [2.05, 4.69) is 9.97 Å². The van der Waals surface area contributed by atoms with Crippen LogP contribution in [-0.4, -0.2) is 16.6 Å². The van der Waals surface area contributed by atoms with E-state index in [-0.39, 0.29) is 0 Å². The number of halogens is 1. The molecule has 0 saturated carbocycles. The highest BCUT2D eigenvalue weighted by Crippen LogP contribution is 2.20. The lowest BCUT2D eigenvalue weighted by atomic mass is 10.2. The van der Waals surface area contributed by atoms with E-state index >= 15 is 0 Å². The molecule has 0 radical (unpaired) electrons. The molecule has 0 unspecified atom stereocenters. The van der Waals surface area contributed by atoms with Gasteiger partial charge in [-0.1, -0.05) is 35.9 Å². The van der Waals surface area contributed by atoms with Crippen molar-refractivity contribution in [1.82, 2.24) is 9.97 Å². The Balaban J connectivity index is 0.000000143. The zero-order valence-electron chi connectivity index (χ0n) is 13.3. The average molecular weight is 337 g/mol. The Labute approximate surface area is 145 Å². The molecule has 3 nitrogen and oxygen atoms in total. The third-order valence-corrected chi connectivity index (χ3v) is 3.77. The van der Waals surface area contributed by atoms with Crippen LogP contribution in [0.4, 0.5) is 0 Å². The Bertz CT molecular complexity index is 951. The molecule has 0 fully saturated rings. The minimum atomic E-state index is 0.700. The van der Waals surface area contributed by atoms with Crippen LogP contribution < -0.4 is 4.74 Å². The first-order chi connectivity index (χ1) is 11.8. The Morgan fingerprint density at radius 2 is 1.62 bits per heavy atom. The Kier molecular flexibility index (Phi) is 5.24. The molecule has 0 saturated heterocycles. The lowest BCUT2D eigenvalue weighted by Gasteiger charge is -2.03. The monoisotopic (exact) mass is 336 g/mol. The van der Waals surface area contributed by atoms with Crippen LogP contribution in [0.5, 0.6) is 5.75 Å². The molecule has 0 aliphatic carbocycles. The van der Waals surface area contributed by atoms with Crippen molar-refractivity contribution in [2.45, 2.75) is 6.92 Å². The second-order valence-electron chi connectivity index (χ2n) is 5.11. The van der Waals surface area contributed by atoms with E-state index in [9.17, 15) is 0 Å². The third kappa shape index (κ3) is 3.81. The summed E-state index contributed by atoms with van der Waals surface area (Å²) in [6.45, 7) is 2.68. The zero-order valence-corrected chi connectivity index (χ0v) is 14.1. The largest absolute Gasteiger partial charge is 0.494 e. The van der Waals surface area contributed by atoms with Gasteiger partial charge in [0.2, 0.25) is 0 Å². The molecule has 0 amide bonds. The number of ether oxygens (including phenoxy) is 1. The van der Waals surface area contributed by atoms with Gasteiger partial charge in [0, 0.05) is 23.2 Å². The van der Waals surface area contributed by atoms with E-state index in [0.717, 1.165) is 27.6 Å². The smallest absolute Gasteiger partial charge is 0.120 e. The highest BCUT2D eigenvalue weighted by Gasteiger charge is 1.96. The number of nitrogens with zero attached hydrogens (tertiary/aromatic N) is 2. The van der Waals surface area contributed by atoms with Crippen LogP contribution >= 0.6 is 11.6 Å². The van der Waals surface area contributed by atoms with Crippen LogP contribution in [0.15, 0.2) is 73.1 Å². The number of rotatable bonds is 2. The Morgan fingerprint density at radius 1 is 0.875 bits per heavy atom. The molecule has 4 rings (SSSR count).